The van der Waals surface area contributed by atoms with E-state index in [0.29, 0.717) is 0 Å². The third kappa shape index (κ3) is 1.36. The van der Waals surface area contributed by atoms with Crippen LogP contribution in [0.3, 0.4) is 0 Å². The maximum Gasteiger partial charge on any atom is 0.0142 e. The predicted molar refractivity (Wildman–Crippen MR) is 58.1 cm³/mol. The monoisotopic (exact) mass is 187 g/mol. The van der Waals surface area contributed by atoms with Crippen LogP contribution >= 0.6 is 0 Å². The third-order valence-electron chi connectivity index (χ3n) is 3.83. The van der Waals surface area contributed by atoms with E-state index in [1.54, 1.807) is 0 Å². The summed E-state index contributed by atoms with van der Waals surface area (Å²) < 4.78 is 0. The molecule has 74 valence electrons. The highest BCUT2D eigenvalue weighted by Crippen LogP contribution is 2.49. The van der Waals surface area contributed by atoms with Crippen molar-refractivity contribution in [2.45, 2.75) is 31.8 Å². The number of nitrogens with one attached hydrogen (secondary N) is 1. The maximum atomic E-state index is 3.70. The van der Waals surface area contributed by atoms with E-state index in [0.717, 1.165) is 23.9 Å². The van der Waals surface area contributed by atoms with Crippen molar-refractivity contribution in [1.29, 1.82) is 0 Å². The number of fused-ring (bicyclic) bond motifs is 1. The molecule has 0 radical (unpaired) electrons. The lowest BCUT2D eigenvalue weighted by molar-refractivity contribution is 0.480. The average molecular weight is 187 g/mol. The van der Waals surface area contributed by atoms with E-state index in [2.05, 4.69) is 42.6 Å². The molecule has 0 unspecified atom stereocenters. The first-order chi connectivity index (χ1) is 6.84. The molecule has 0 spiro atoms. The van der Waals surface area contributed by atoms with E-state index in [1.807, 2.05) is 0 Å². The van der Waals surface area contributed by atoms with Crippen LogP contribution in [0.5, 0.6) is 0 Å². The molecule has 0 aromatic heterocycles. The van der Waals surface area contributed by atoms with Gasteiger partial charge in [-0.3, -0.25) is 0 Å². The summed E-state index contributed by atoms with van der Waals surface area (Å²) in [6.45, 7) is 2.33. The van der Waals surface area contributed by atoms with Gasteiger partial charge >= 0.3 is 0 Å². The highest BCUT2D eigenvalue weighted by Gasteiger charge is 2.51. The number of hydrogen-bond acceptors (Lipinski definition) is 1. The van der Waals surface area contributed by atoms with Crippen molar-refractivity contribution in [1.82, 2.24) is 5.32 Å². The first-order valence-electron chi connectivity index (χ1n) is 5.64. The minimum Gasteiger partial charge on any atom is -0.311 e. The summed E-state index contributed by atoms with van der Waals surface area (Å²) in [5.74, 6) is 1.97. The molecule has 0 bridgehead atoms. The van der Waals surface area contributed by atoms with Crippen LogP contribution in [0.15, 0.2) is 30.3 Å². The second-order valence-corrected chi connectivity index (χ2v) is 4.81. The summed E-state index contributed by atoms with van der Waals surface area (Å²) in [4.78, 5) is 0. The van der Waals surface area contributed by atoms with Crippen molar-refractivity contribution in [3.63, 3.8) is 0 Å². The first-order valence-corrected chi connectivity index (χ1v) is 5.64. The molecule has 0 amide bonds. The highest BCUT2D eigenvalue weighted by molar-refractivity contribution is 5.19. The number of rotatable bonds is 2. The van der Waals surface area contributed by atoms with E-state index < -0.39 is 0 Å². The number of hydrogen-bond donors (Lipinski definition) is 1. The molecule has 1 aromatic rings. The Bertz CT molecular complexity index is 319. The molecule has 1 aliphatic heterocycles. The summed E-state index contributed by atoms with van der Waals surface area (Å²) in [5.41, 5.74) is 1.48. The molecule has 2 fully saturated rings. The summed E-state index contributed by atoms with van der Waals surface area (Å²) in [5, 5.41) is 3.70. The molecule has 3 rings (SSSR count). The number of piperidine rings is 1. The van der Waals surface area contributed by atoms with Crippen LogP contribution in [-0.2, 0) is 6.42 Å². The molecule has 1 heteroatoms. The minimum atomic E-state index is 0.748. The lowest BCUT2D eigenvalue weighted by Gasteiger charge is -2.15. The van der Waals surface area contributed by atoms with Gasteiger partial charge in [0.2, 0.25) is 0 Å². The van der Waals surface area contributed by atoms with Gasteiger partial charge in [-0.05, 0) is 37.2 Å². The van der Waals surface area contributed by atoms with Gasteiger partial charge in [0.05, 0.1) is 0 Å². The third-order valence-corrected chi connectivity index (χ3v) is 3.83. The van der Waals surface area contributed by atoms with Crippen molar-refractivity contribution < 1.29 is 0 Å². The van der Waals surface area contributed by atoms with E-state index >= 15 is 0 Å². The molecule has 4 atom stereocenters. The zero-order valence-electron chi connectivity index (χ0n) is 8.61. The van der Waals surface area contributed by atoms with Gasteiger partial charge in [-0.15, -0.1) is 0 Å². The smallest absolute Gasteiger partial charge is 0.0142 e. The van der Waals surface area contributed by atoms with E-state index in [4.69, 9.17) is 0 Å². The van der Waals surface area contributed by atoms with Crippen LogP contribution in [0.4, 0.5) is 0 Å². The first kappa shape index (κ1) is 8.49. The Morgan fingerprint density at radius 3 is 2.57 bits per heavy atom. The number of benzene rings is 1. The largest absolute Gasteiger partial charge is 0.311 e. The Kier molecular flexibility index (Phi) is 1.88. The van der Waals surface area contributed by atoms with E-state index in [1.165, 1.54) is 18.4 Å². The summed E-state index contributed by atoms with van der Waals surface area (Å²) >= 11 is 0. The van der Waals surface area contributed by atoms with Crippen LogP contribution in [0, 0.1) is 11.8 Å². The molecule has 1 saturated carbocycles. The Morgan fingerprint density at radius 1 is 1.21 bits per heavy atom. The van der Waals surface area contributed by atoms with Crippen LogP contribution in [-0.4, -0.2) is 12.1 Å². The van der Waals surface area contributed by atoms with Crippen LogP contribution in [0.2, 0.25) is 0 Å². The topological polar surface area (TPSA) is 12.0 Å². The van der Waals surface area contributed by atoms with Gasteiger partial charge in [0.25, 0.3) is 0 Å². The zero-order valence-corrected chi connectivity index (χ0v) is 8.61. The quantitative estimate of drug-likeness (QED) is 0.748. The summed E-state index contributed by atoms with van der Waals surface area (Å²) in [6.07, 6.45) is 2.68. The van der Waals surface area contributed by atoms with Crippen LogP contribution in [0.25, 0.3) is 0 Å². The Labute approximate surface area is 85.5 Å². The van der Waals surface area contributed by atoms with Gasteiger partial charge in [-0.1, -0.05) is 30.3 Å². The van der Waals surface area contributed by atoms with Crippen molar-refractivity contribution in [2.75, 3.05) is 0 Å². The highest BCUT2D eigenvalue weighted by atomic mass is 15.0. The molecule has 1 aromatic carbocycles. The van der Waals surface area contributed by atoms with Crippen molar-refractivity contribution in [2.24, 2.45) is 11.8 Å². The lowest BCUT2D eigenvalue weighted by Crippen LogP contribution is -2.33. The molecule has 1 aliphatic carbocycles. The lowest BCUT2D eigenvalue weighted by atomic mass is 10.0. The minimum absolute atomic E-state index is 0.748. The van der Waals surface area contributed by atoms with Crippen LogP contribution in [0.1, 0.15) is 18.9 Å². The normalized spacial score (nSPS) is 39.5. The van der Waals surface area contributed by atoms with Gasteiger partial charge in [0.1, 0.15) is 0 Å². The standard InChI is InChI=1S/C13H17N/c1-9-11-8-12(11)13(14-9)7-10-5-3-2-4-6-10/h2-6,9,11-14H,7-8H2,1H3/t9-,11+,12+,13-/m0/s1. The fourth-order valence-electron chi connectivity index (χ4n) is 2.94. The van der Waals surface area contributed by atoms with Crippen molar-refractivity contribution in [3.05, 3.63) is 35.9 Å². The van der Waals surface area contributed by atoms with Crippen molar-refractivity contribution in [3.8, 4) is 0 Å². The predicted octanol–water partition coefficient (Wildman–Crippen LogP) is 2.23. The molecule has 1 saturated heterocycles. The second-order valence-electron chi connectivity index (χ2n) is 4.81. The zero-order chi connectivity index (χ0) is 9.54. The van der Waals surface area contributed by atoms with E-state index in [-0.39, 0.29) is 0 Å². The molecular weight excluding hydrogens is 170 g/mol. The Hall–Kier alpha value is -0.820. The molecule has 1 N–H and O–H groups in total. The molecular formula is C13H17N. The summed E-state index contributed by atoms with van der Waals surface area (Å²) in [7, 11) is 0. The molecule has 1 nitrogen and oxygen atoms in total. The SMILES string of the molecule is C[C@@H]1N[C@@H](Cc2ccccc2)[C@@H]2C[C@@H]21. The van der Waals surface area contributed by atoms with Gasteiger partial charge in [0, 0.05) is 12.1 Å². The molecule has 14 heavy (non-hydrogen) atoms. The summed E-state index contributed by atoms with van der Waals surface area (Å²) in [6, 6.07) is 12.3. The van der Waals surface area contributed by atoms with Gasteiger partial charge < -0.3 is 5.32 Å². The van der Waals surface area contributed by atoms with Gasteiger partial charge in [0.15, 0.2) is 0 Å². The van der Waals surface area contributed by atoms with Crippen LogP contribution < -0.4 is 5.32 Å². The van der Waals surface area contributed by atoms with Gasteiger partial charge in [-0.2, -0.15) is 0 Å². The van der Waals surface area contributed by atoms with Crippen molar-refractivity contribution >= 4 is 0 Å². The average Bonchev–Trinajstić information content (AvgIpc) is 2.92. The molecule has 1 heterocycles. The fourth-order valence-corrected chi connectivity index (χ4v) is 2.94. The van der Waals surface area contributed by atoms with E-state index in [9.17, 15) is 0 Å². The Morgan fingerprint density at radius 2 is 2.00 bits per heavy atom. The molecule has 2 aliphatic rings. The Balaban J connectivity index is 1.69. The second kappa shape index (κ2) is 3.09. The fraction of sp³-hybridized carbons (Fsp3) is 0.538. The maximum absolute atomic E-state index is 3.70. The van der Waals surface area contributed by atoms with Gasteiger partial charge in [-0.25, -0.2) is 0 Å².